The minimum atomic E-state index is -1.10. The third-order valence-electron chi connectivity index (χ3n) is 12.3. The fraction of sp³-hybridized carbons (Fsp3) is 0.581. The van der Waals surface area contributed by atoms with Gasteiger partial charge in [0.25, 0.3) is 5.91 Å². The maximum Gasteiger partial charge on any atom is 0.419 e. The fourth-order valence-electron chi connectivity index (χ4n) is 9.03. The Morgan fingerprint density at radius 3 is 2.27 bits per heavy atom. The van der Waals surface area contributed by atoms with E-state index in [2.05, 4.69) is 10.2 Å². The van der Waals surface area contributed by atoms with Crippen LogP contribution in [0.25, 0.3) is 11.1 Å². The van der Waals surface area contributed by atoms with E-state index in [1.165, 1.54) is 4.57 Å². The number of anilines is 1. The van der Waals surface area contributed by atoms with Crippen molar-refractivity contribution in [1.82, 2.24) is 29.1 Å². The van der Waals surface area contributed by atoms with Gasteiger partial charge in [-0.05, 0) is 74.3 Å². The number of aromatic nitrogens is 1. The van der Waals surface area contributed by atoms with Crippen molar-refractivity contribution in [2.24, 2.45) is 7.05 Å². The summed E-state index contributed by atoms with van der Waals surface area (Å²) in [5.41, 5.74) is 4.52. The zero-order valence-corrected chi connectivity index (χ0v) is 34.5. The lowest BCUT2D eigenvalue weighted by Crippen LogP contribution is -2.56. The molecule has 16 heteroatoms. The minimum absolute atomic E-state index is 0.0353. The Balaban J connectivity index is 0.957. The topological polar surface area (TPSA) is 167 Å². The molecule has 3 aromatic rings. The second kappa shape index (κ2) is 18.7. The molecule has 0 spiro atoms. The first-order chi connectivity index (χ1) is 28.5. The van der Waals surface area contributed by atoms with Crippen molar-refractivity contribution in [3.8, 4) is 0 Å². The Kier molecular flexibility index (Phi) is 13.2. The van der Waals surface area contributed by atoms with E-state index >= 15 is 0 Å². The lowest BCUT2D eigenvalue weighted by atomic mass is 9.99. The molecule has 3 saturated heterocycles. The molecule has 0 aliphatic carbocycles. The van der Waals surface area contributed by atoms with Gasteiger partial charge in [0.1, 0.15) is 0 Å². The molecule has 1 N–H and O–H groups in total. The molecule has 0 unspecified atom stereocenters. The first-order valence-electron chi connectivity index (χ1n) is 21.2. The summed E-state index contributed by atoms with van der Waals surface area (Å²) >= 11 is 0. The van der Waals surface area contributed by atoms with Crippen LogP contribution in [0.5, 0.6) is 0 Å². The summed E-state index contributed by atoms with van der Waals surface area (Å²) in [6.45, 7) is 9.13. The lowest BCUT2D eigenvalue weighted by Gasteiger charge is -2.43. The number of ether oxygens (including phenoxy) is 2. The van der Waals surface area contributed by atoms with Crippen LogP contribution in [0.1, 0.15) is 68.6 Å². The third-order valence-corrected chi connectivity index (χ3v) is 12.3. The maximum atomic E-state index is 14.3. The van der Waals surface area contributed by atoms with E-state index in [-0.39, 0.29) is 55.2 Å². The van der Waals surface area contributed by atoms with E-state index in [0.717, 1.165) is 55.6 Å². The second-order valence-corrected chi connectivity index (χ2v) is 16.2. The predicted molar refractivity (Wildman–Crippen MR) is 219 cm³/mol. The number of fused-ring (bicyclic) bond motifs is 2. The van der Waals surface area contributed by atoms with Gasteiger partial charge in [0, 0.05) is 96.6 Å². The van der Waals surface area contributed by atoms with Crippen molar-refractivity contribution in [3.05, 3.63) is 63.6 Å². The van der Waals surface area contributed by atoms with Crippen molar-refractivity contribution < 1.29 is 37.9 Å². The molecule has 0 bridgehead atoms. The highest BCUT2D eigenvalue weighted by molar-refractivity contribution is 5.91. The molecule has 0 radical (unpaired) electrons. The van der Waals surface area contributed by atoms with Crippen molar-refractivity contribution in [2.45, 2.75) is 89.8 Å². The fourth-order valence-corrected chi connectivity index (χ4v) is 9.03. The molecule has 5 amide bonds. The molecule has 4 aliphatic rings. The molecule has 318 valence electrons. The highest BCUT2D eigenvalue weighted by Gasteiger charge is 2.37. The number of amides is 5. The number of nitrogens with one attached hydrogen (secondary N) is 1. The van der Waals surface area contributed by atoms with Gasteiger partial charge in [-0.15, -0.1) is 0 Å². The van der Waals surface area contributed by atoms with Crippen LogP contribution >= 0.6 is 0 Å². The molecule has 0 saturated carbocycles. The molecule has 59 heavy (non-hydrogen) atoms. The number of piperazine rings is 1. The smallest absolute Gasteiger partial charge is 0.419 e. The molecular formula is C43H57N7O9. The van der Waals surface area contributed by atoms with Crippen molar-refractivity contribution in [1.29, 1.82) is 0 Å². The number of piperidine rings is 2. The van der Waals surface area contributed by atoms with Crippen molar-refractivity contribution in [2.75, 3.05) is 70.8 Å². The Hall–Kier alpha value is -5.38. The summed E-state index contributed by atoms with van der Waals surface area (Å²) in [5, 5.41) is 3.04. The number of esters is 1. The average molecular weight is 816 g/mol. The second-order valence-electron chi connectivity index (χ2n) is 16.2. The average Bonchev–Trinajstić information content (AvgIpc) is 3.42. The van der Waals surface area contributed by atoms with Crippen LogP contribution in [-0.4, -0.2) is 143 Å². The molecule has 1 aromatic heterocycles. The summed E-state index contributed by atoms with van der Waals surface area (Å²) in [6, 6.07) is 11.5. The molecule has 2 aromatic carbocycles. The Bertz CT molecular complexity index is 2070. The number of nitrogens with zero attached hydrogens (tertiary/aromatic N) is 6. The number of likely N-dealkylation sites (tertiary alicyclic amines) is 2. The van der Waals surface area contributed by atoms with Gasteiger partial charge in [0.2, 0.25) is 5.91 Å². The van der Waals surface area contributed by atoms with Crippen molar-refractivity contribution in [3.63, 3.8) is 0 Å². The Labute approximate surface area is 344 Å². The SMILES string of the molecule is CCCOC(=O)CCC(=O)N1CCN(C2CCN(C(=O)[C@@H](Cc3cc(C)c4c(c3)oc(=O)n4C)OC(=O)N3CCC(N4CCc5ccccc5NC4=O)CC3)CC2)CC1. The number of rotatable bonds is 11. The number of para-hydroxylation sites is 1. The van der Waals surface area contributed by atoms with Crippen LogP contribution in [0.4, 0.5) is 15.3 Å². The van der Waals surface area contributed by atoms with Crippen LogP contribution < -0.4 is 11.1 Å². The predicted octanol–water partition coefficient (Wildman–Crippen LogP) is 3.91. The molecule has 1 atom stereocenters. The Morgan fingerprint density at radius 1 is 0.847 bits per heavy atom. The van der Waals surface area contributed by atoms with E-state index in [1.54, 1.807) is 22.9 Å². The van der Waals surface area contributed by atoms with Gasteiger partial charge in [-0.2, -0.15) is 0 Å². The lowest BCUT2D eigenvalue weighted by molar-refractivity contribution is -0.146. The van der Waals surface area contributed by atoms with Gasteiger partial charge >= 0.3 is 23.8 Å². The van der Waals surface area contributed by atoms with E-state index < -0.39 is 18.0 Å². The van der Waals surface area contributed by atoms with E-state index in [1.807, 2.05) is 54.0 Å². The summed E-state index contributed by atoms with van der Waals surface area (Å²) in [6.07, 6.45) is 2.82. The highest BCUT2D eigenvalue weighted by Crippen LogP contribution is 2.27. The van der Waals surface area contributed by atoms with Crippen molar-refractivity contribution >= 4 is 46.7 Å². The normalized spacial score (nSPS) is 18.9. The van der Waals surface area contributed by atoms with E-state index in [4.69, 9.17) is 13.9 Å². The molecule has 7 rings (SSSR count). The number of benzene rings is 2. The van der Waals surface area contributed by atoms with Gasteiger partial charge in [-0.1, -0.05) is 31.2 Å². The largest absolute Gasteiger partial charge is 0.466 e. The van der Waals surface area contributed by atoms with Gasteiger partial charge in [0.05, 0.1) is 18.5 Å². The summed E-state index contributed by atoms with van der Waals surface area (Å²) < 4.78 is 18.2. The minimum Gasteiger partial charge on any atom is -0.466 e. The maximum absolute atomic E-state index is 14.3. The first-order valence-corrected chi connectivity index (χ1v) is 21.2. The quantitative estimate of drug-likeness (QED) is 0.281. The van der Waals surface area contributed by atoms with E-state index in [0.29, 0.717) is 81.9 Å². The van der Waals surface area contributed by atoms with Gasteiger partial charge in [-0.3, -0.25) is 23.9 Å². The van der Waals surface area contributed by atoms with Crippen LogP contribution in [0.3, 0.4) is 0 Å². The molecule has 3 fully saturated rings. The molecule has 16 nitrogen and oxygen atoms in total. The molecular weight excluding hydrogens is 759 g/mol. The third kappa shape index (κ3) is 9.75. The van der Waals surface area contributed by atoms with Gasteiger partial charge < -0.3 is 38.8 Å². The van der Waals surface area contributed by atoms with Crippen LogP contribution in [0.2, 0.25) is 0 Å². The van der Waals surface area contributed by atoms with Crippen LogP contribution in [0, 0.1) is 6.92 Å². The number of hydrogen-bond donors (Lipinski definition) is 1. The zero-order chi connectivity index (χ0) is 41.6. The van der Waals surface area contributed by atoms with Crippen LogP contribution in [0.15, 0.2) is 45.6 Å². The summed E-state index contributed by atoms with van der Waals surface area (Å²) in [7, 11) is 1.65. The Morgan fingerprint density at radius 2 is 1.54 bits per heavy atom. The highest BCUT2D eigenvalue weighted by atomic mass is 16.6. The van der Waals surface area contributed by atoms with E-state index in [9.17, 15) is 28.8 Å². The zero-order valence-electron chi connectivity index (χ0n) is 34.5. The molecule has 5 heterocycles. The summed E-state index contributed by atoms with van der Waals surface area (Å²) in [5.74, 6) is -1.13. The number of carbonyl (C=O) groups excluding carboxylic acids is 5. The molecule has 4 aliphatic heterocycles. The van der Waals surface area contributed by atoms with Crippen LogP contribution in [-0.2, 0) is 43.7 Å². The first kappa shape index (κ1) is 41.8. The monoisotopic (exact) mass is 815 g/mol. The number of hydrogen-bond acceptors (Lipinski definition) is 10. The number of carbonyl (C=O) groups is 5. The van der Waals surface area contributed by atoms with Gasteiger partial charge in [0.15, 0.2) is 11.7 Å². The number of aryl methyl sites for hydroxylation is 2. The number of urea groups is 1. The van der Waals surface area contributed by atoms with Gasteiger partial charge in [-0.25, -0.2) is 14.4 Å². The number of oxazole rings is 1. The summed E-state index contributed by atoms with van der Waals surface area (Å²) in [4.78, 5) is 87.8. The standard InChI is InChI=1S/C43H57N7O9/c1-4-25-57-38(52)10-9-37(51)47-23-21-46(22-24-47)32-12-16-48(17-13-32)40(53)36(28-30-26-29(2)39-35(27-30)58-42(55)45(39)3)59-43(56)49-18-14-33(15-19-49)50-20-11-31-7-5-6-8-34(31)44-41(50)54/h5-8,26-27,32-33,36H,4,9-25,28H2,1-3H3,(H,44,54)/t36-/m1/s1.